The van der Waals surface area contributed by atoms with E-state index < -0.39 is 10.8 Å². The van der Waals surface area contributed by atoms with E-state index in [0.29, 0.717) is 0 Å². The highest BCUT2D eigenvalue weighted by Crippen LogP contribution is 2.59. The summed E-state index contributed by atoms with van der Waals surface area (Å²) in [6.45, 7) is 0. The van der Waals surface area contributed by atoms with Gasteiger partial charge in [0.15, 0.2) is 0 Å². The third kappa shape index (κ3) is 3.72. The average Bonchev–Trinajstić information content (AvgIpc) is 3.58. The molecule has 7 aromatic rings. The Morgan fingerprint density at radius 2 is 0.587 bits per heavy atom. The van der Waals surface area contributed by atoms with Gasteiger partial charge in [0, 0.05) is 8.95 Å². The molecule has 0 amide bonds. The monoisotopic (exact) mass is 714 g/mol. The van der Waals surface area contributed by atoms with Gasteiger partial charge in [-0.05, 0) is 91.0 Å². The molecule has 0 bridgehead atoms. The molecule has 2 aliphatic rings. The maximum atomic E-state index is 3.71. The molecule has 2 aliphatic carbocycles. The van der Waals surface area contributed by atoms with Crippen LogP contribution >= 0.6 is 31.9 Å². The molecule has 0 spiro atoms. The molecule has 0 atom stereocenters. The van der Waals surface area contributed by atoms with Gasteiger partial charge in [-0.15, -0.1) is 0 Å². The second-order valence-corrected chi connectivity index (χ2v) is 14.1. The van der Waals surface area contributed by atoms with Crippen molar-refractivity contribution < 1.29 is 0 Å². The maximum Gasteiger partial charge on any atom is 0.0713 e. The molecule has 7 aromatic carbocycles. The van der Waals surface area contributed by atoms with Crippen molar-refractivity contribution >= 4 is 31.9 Å². The largest absolute Gasteiger partial charge is 0.0713 e. The quantitative estimate of drug-likeness (QED) is 0.170. The molecule has 0 N–H and O–H groups in total. The van der Waals surface area contributed by atoms with E-state index >= 15 is 0 Å². The minimum atomic E-state index is -0.484. The molecule has 0 unspecified atom stereocenters. The van der Waals surface area contributed by atoms with Crippen molar-refractivity contribution in [2.24, 2.45) is 0 Å². The summed E-state index contributed by atoms with van der Waals surface area (Å²) < 4.78 is 2.15. The maximum absolute atomic E-state index is 3.71. The second-order valence-electron chi connectivity index (χ2n) is 12.3. The average molecular weight is 717 g/mol. The molecular formula is C44H28Br2. The molecule has 0 saturated carbocycles. The minimum Gasteiger partial charge on any atom is -0.0619 e. The van der Waals surface area contributed by atoms with Gasteiger partial charge in [-0.25, -0.2) is 0 Å². The van der Waals surface area contributed by atoms with Gasteiger partial charge < -0.3 is 0 Å². The van der Waals surface area contributed by atoms with E-state index in [9.17, 15) is 0 Å². The van der Waals surface area contributed by atoms with Crippen LogP contribution in [0.3, 0.4) is 0 Å². The summed E-state index contributed by atoms with van der Waals surface area (Å²) in [6, 6.07) is 63.2. The smallest absolute Gasteiger partial charge is 0.0619 e. The van der Waals surface area contributed by atoms with Crippen LogP contribution < -0.4 is 0 Å². The summed E-state index contributed by atoms with van der Waals surface area (Å²) in [5, 5.41) is 0. The molecule has 0 aromatic heterocycles. The van der Waals surface area contributed by atoms with Crippen molar-refractivity contribution in [3.8, 4) is 22.3 Å². The van der Waals surface area contributed by atoms with E-state index in [-0.39, 0.29) is 0 Å². The fraction of sp³-hybridized carbons (Fsp3) is 0.0455. The zero-order chi connectivity index (χ0) is 30.9. The predicted octanol–water partition coefficient (Wildman–Crippen LogP) is 11.9. The van der Waals surface area contributed by atoms with Gasteiger partial charge in [-0.1, -0.05) is 177 Å². The third-order valence-corrected chi connectivity index (χ3v) is 11.2. The van der Waals surface area contributed by atoms with Gasteiger partial charge in [-0.3, -0.25) is 0 Å². The Labute approximate surface area is 286 Å². The zero-order valence-corrected chi connectivity index (χ0v) is 28.1. The predicted molar refractivity (Wildman–Crippen MR) is 196 cm³/mol. The van der Waals surface area contributed by atoms with Crippen LogP contribution in [-0.2, 0) is 10.8 Å². The second kappa shape index (κ2) is 10.5. The van der Waals surface area contributed by atoms with Gasteiger partial charge in [-0.2, -0.15) is 0 Å². The van der Waals surface area contributed by atoms with Crippen LogP contribution in [0.1, 0.15) is 44.5 Å². The van der Waals surface area contributed by atoms with E-state index in [1.165, 1.54) is 66.8 Å². The summed E-state index contributed by atoms with van der Waals surface area (Å²) in [4.78, 5) is 0. The van der Waals surface area contributed by atoms with Gasteiger partial charge in [0.05, 0.1) is 10.8 Å². The summed E-state index contributed by atoms with van der Waals surface area (Å²) in [7, 11) is 0. The SMILES string of the molecule is Brc1ccc(C2(c3cccc(C4(c5ccc(Br)cc5)c5ccccc5-c5ccccc54)c3)c3ccccc3-c3ccccc32)cc1. The first-order valence-electron chi connectivity index (χ1n) is 15.7. The van der Waals surface area contributed by atoms with E-state index in [1.54, 1.807) is 0 Å². The van der Waals surface area contributed by atoms with E-state index in [4.69, 9.17) is 0 Å². The summed E-state index contributed by atoms with van der Waals surface area (Å²) in [5.74, 6) is 0. The first-order valence-corrected chi connectivity index (χ1v) is 17.2. The number of hydrogen-bond acceptors (Lipinski definition) is 0. The van der Waals surface area contributed by atoms with Crippen LogP contribution in [0, 0.1) is 0 Å². The first-order chi connectivity index (χ1) is 22.6. The minimum absolute atomic E-state index is 0.484. The zero-order valence-electron chi connectivity index (χ0n) is 24.9. The summed E-state index contributed by atoms with van der Waals surface area (Å²) >= 11 is 7.43. The molecule has 9 rings (SSSR count). The molecule has 0 fully saturated rings. The van der Waals surface area contributed by atoms with Gasteiger partial charge in [0.25, 0.3) is 0 Å². The van der Waals surface area contributed by atoms with Crippen molar-refractivity contribution in [3.05, 3.63) is 223 Å². The number of halogens is 2. The Kier molecular flexibility index (Phi) is 6.35. The Morgan fingerprint density at radius 1 is 0.283 bits per heavy atom. The number of hydrogen-bond donors (Lipinski definition) is 0. The number of rotatable bonds is 4. The van der Waals surface area contributed by atoms with Gasteiger partial charge in [0.2, 0.25) is 0 Å². The molecule has 0 aliphatic heterocycles. The van der Waals surface area contributed by atoms with Crippen molar-refractivity contribution in [1.82, 2.24) is 0 Å². The highest BCUT2D eigenvalue weighted by molar-refractivity contribution is 9.10. The first kappa shape index (κ1) is 27.8. The van der Waals surface area contributed by atoms with E-state index in [2.05, 4.69) is 202 Å². The lowest BCUT2D eigenvalue weighted by molar-refractivity contribution is 0.739. The van der Waals surface area contributed by atoms with Gasteiger partial charge >= 0.3 is 0 Å². The van der Waals surface area contributed by atoms with Crippen molar-refractivity contribution in [3.63, 3.8) is 0 Å². The summed E-state index contributed by atoms with van der Waals surface area (Å²) in [6.07, 6.45) is 0. The molecular weight excluding hydrogens is 688 g/mol. The van der Waals surface area contributed by atoms with Crippen LogP contribution in [0.4, 0.5) is 0 Å². The molecule has 0 heterocycles. The number of benzene rings is 7. The normalized spacial score (nSPS) is 14.7. The van der Waals surface area contributed by atoms with Crippen LogP contribution in [0.2, 0.25) is 0 Å². The lowest BCUT2D eigenvalue weighted by atomic mass is 9.64. The Balaban J connectivity index is 1.41. The van der Waals surface area contributed by atoms with Crippen molar-refractivity contribution in [2.45, 2.75) is 10.8 Å². The van der Waals surface area contributed by atoms with E-state index in [0.717, 1.165) is 8.95 Å². The van der Waals surface area contributed by atoms with E-state index in [1.807, 2.05) is 0 Å². The lowest BCUT2D eigenvalue weighted by Crippen LogP contribution is -2.31. The fourth-order valence-electron chi connectivity index (χ4n) is 8.43. The summed E-state index contributed by atoms with van der Waals surface area (Å²) in [5.41, 5.74) is 14.6. The Hall–Kier alpha value is -4.50. The Bertz CT molecular complexity index is 2030. The molecule has 0 nitrogen and oxygen atoms in total. The Morgan fingerprint density at radius 3 is 0.913 bits per heavy atom. The number of fused-ring (bicyclic) bond motifs is 6. The standard InChI is InChI=1S/C44H28Br2/c45-33-24-20-29(21-25-33)43(39-16-5-1-12-35(39)36-13-2-6-17-40(36)43)31-10-9-11-32(28-31)44(30-22-26-34(46)27-23-30)41-18-7-3-14-37(41)38-15-4-8-19-42(38)44/h1-28H. The lowest BCUT2D eigenvalue weighted by Gasteiger charge is -2.37. The topological polar surface area (TPSA) is 0 Å². The molecule has 2 heteroatoms. The molecule has 0 saturated heterocycles. The fourth-order valence-corrected chi connectivity index (χ4v) is 8.96. The third-order valence-electron chi connectivity index (χ3n) is 10.2. The van der Waals surface area contributed by atoms with Crippen molar-refractivity contribution in [1.29, 1.82) is 0 Å². The van der Waals surface area contributed by atoms with Crippen LogP contribution in [0.25, 0.3) is 22.3 Å². The van der Waals surface area contributed by atoms with Crippen molar-refractivity contribution in [2.75, 3.05) is 0 Å². The molecule has 218 valence electrons. The molecule has 46 heavy (non-hydrogen) atoms. The highest BCUT2D eigenvalue weighted by atomic mass is 79.9. The molecule has 0 radical (unpaired) electrons. The van der Waals surface area contributed by atoms with Gasteiger partial charge in [0.1, 0.15) is 0 Å². The van der Waals surface area contributed by atoms with Crippen LogP contribution in [0.5, 0.6) is 0 Å². The highest BCUT2D eigenvalue weighted by Gasteiger charge is 2.49. The van der Waals surface area contributed by atoms with Crippen LogP contribution in [0.15, 0.2) is 179 Å². The van der Waals surface area contributed by atoms with Crippen LogP contribution in [-0.4, -0.2) is 0 Å².